The molecule has 4 rings (SSSR count). The third kappa shape index (κ3) is 7.80. The van der Waals surface area contributed by atoms with E-state index in [1.54, 1.807) is 72.8 Å². The molecule has 4 aromatic carbocycles. The summed E-state index contributed by atoms with van der Waals surface area (Å²) in [6.07, 6.45) is 0.936. The lowest BCUT2D eigenvalue weighted by molar-refractivity contribution is 0.0972. The molecule has 4 aromatic rings. The fourth-order valence-electron chi connectivity index (χ4n) is 4.00. The van der Waals surface area contributed by atoms with E-state index in [9.17, 15) is 29.3 Å². The van der Waals surface area contributed by atoms with Crippen LogP contribution in [-0.4, -0.2) is 26.7 Å². The molecule has 200 valence electrons. The van der Waals surface area contributed by atoms with Gasteiger partial charge in [0.15, 0.2) is 11.6 Å². The highest BCUT2D eigenvalue weighted by molar-refractivity contribution is 7.48. The molecule has 0 aliphatic heterocycles. The Kier molecular flexibility index (Phi) is 8.81. The van der Waals surface area contributed by atoms with E-state index in [0.29, 0.717) is 24.0 Å². The molecular formula is C30H27O8P. The van der Waals surface area contributed by atoms with Crippen molar-refractivity contribution in [1.29, 1.82) is 0 Å². The first kappa shape index (κ1) is 27.6. The molecule has 0 aromatic heterocycles. The van der Waals surface area contributed by atoms with Gasteiger partial charge in [0.25, 0.3) is 0 Å². The van der Waals surface area contributed by atoms with Crippen LogP contribution in [0.2, 0.25) is 0 Å². The number of hydrogen-bond donors (Lipinski definition) is 3. The molecule has 0 atom stereocenters. The van der Waals surface area contributed by atoms with E-state index >= 15 is 0 Å². The number of phosphoric ester groups is 1. The number of ketones is 2. The van der Waals surface area contributed by atoms with Crippen molar-refractivity contribution in [1.82, 2.24) is 0 Å². The average molecular weight is 547 g/mol. The van der Waals surface area contributed by atoms with Gasteiger partial charge in [0.1, 0.15) is 23.0 Å². The van der Waals surface area contributed by atoms with Gasteiger partial charge < -0.3 is 19.3 Å². The van der Waals surface area contributed by atoms with Gasteiger partial charge in [-0.15, -0.1) is 0 Å². The van der Waals surface area contributed by atoms with Crippen molar-refractivity contribution in [3.8, 4) is 23.0 Å². The highest BCUT2D eigenvalue weighted by Crippen LogP contribution is 2.44. The van der Waals surface area contributed by atoms with Crippen molar-refractivity contribution >= 4 is 19.4 Å². The zero-order valence-electron chi connectivity index (χ0n) is 20.9. The zero-order chi connectivity index (χ0) is 27.8. The third-order valence-corrected chi connectivity index (χ3v) is 6.81. The maximum Gasteiger partial charge on any atom is 0.584 e. The van der Waals surface area contributed by atoms with Gasteiger partial charge in [-0.1, -0.05) is 48.5 Å². The van der Waals surface area contributed by atoms with Crippen molar-refractivity contribution in [2.75, 3.05) is 0 Å². The third-order valence-electron chi connectivity index (χ3n) is 5.93. The Bertz CT molecular complexity index is 1420. The molecule has 9 heteroatoms. The van der Waals surface area contributed by atoms with E-state index in [2.05, 4.69) is 0 Å². The summed E-state index contributed by atoms with van der Waals surface area (Å²) in [6, 6.07) is 25.5. The molecular weight excluding hydrogens is 519 g/mol. The van der Waals surface area contributed by atoms with E-state index in [4.69, 9.17) is 9.05 Å². The summed E-state index contributed by atoms with van der Waals surface area (Å²) in [5, 5.41) is 19.7. The number of rotatable bonds is 12. The molecule has 0 bridgehead atoms. The first-order valence-corrected chi connectivity index (χ1v) is 13.7. The first-order valence-electron chi connectivity index (χ1n) is 12.2. The van der Waals surface area contributed by atoms with E-state index in [1.807, 2.05) is 0 Å². The number of para-hydroxylation sites is 2. The number of benzene rings is 4. The summed E-state index contributed by atoms with van der Waals surface area (Å²) in [4.78, 5) is 35.2. The van der Waals surface area contributed by atoms with Crippen LogP contribution >= 0.6 is 7.82 Å². The normalized spacial score (nSPS) is 11.1. The fraction of sp³-hybridized carbons (Fsp3) is 0.133. The molecule has 0 radical (unpaired) electrons. The van der Waals surface area contributed by atoms with E-state index in [0.717, 1.165) is 0 Å². The number of carbonyl (C=O) groups excluding carboxylic acids is 2. The second-order valence-corrected chi connectivity index (χ2v) is 10.1. The second-order valence-electron chi connectivity index (χ2n) is 8.83. The Morgan fingerprint density at radius 3 is 1.44 bits per heavy atom. The molecule has 0 saturated carbocycles. The van der Waals surface area contributed by atoms with Gasteiger partial charge in [-0.25, -0.2) is 4.57 Å². The minimum atomic E-state index is -4.56. The number of carbonyl (C=O) groups is 2. The summed E-state index contributed by atoms with van der Waals surface area (Å²) >= 11 is 0. The zero-order valence-corrected chi connectivity index (χ0v) is 21.8. The summed E-state index contributed by atoms with van der Waals surface area (Å²) < 4.78 is 23.2. The topological polar surface area (TPSA) is 130 Å². The minimum Gasteiger partial charge on any atom is -0.507 e. The van der Waals surface area contributed by atoms with Crippen LogP contribution in [0.4, 0.5) is 0 Å². The minimum absolute atomic E-state index is 0.0795. The van der Waals surface area contributed by atoms with Crippen molar-refractivity contribution in [2.24, 2.45) is 0 Å². The van der Waals surface area contributed by atoms with Crippen LogP contribution in [0, 0.1) is 0 Å². The van der Waals surface area contributed by atoms with Crippen LogP contribution in [0.1, 0.15) is 44.7 Å². The molecule has 8 nitrogen and oxygen atoms in total. The summed E-state index contributed by atoms with van der Waals surface area (Å²) in [5.74, 6) is -0.417. The lowest BCUT2D eigenvalue weighted by Gasteiger charge is -2.15. The maximum atomic E-state index is 12.7. The Morgan fingerprint density at radius 1 is 0.615 bits per heavy atom. The molecule has 0 aliphatic rings. The lowest BCUT2D eigenvalue weighted by atomic mass is 10.0. The fourth-order valence-corrected chi connectivity index (χ4v) is 4.80. The van der Waals surface area contributed by atoms with Gasteiger partial charge in [-0.3, -0.25) is 14.5 Å². The first-order chi connectivity index (χ1) is 18.7. The number of phenols is 2. The Balaban J connectivity index is 1.34. The van der Waals surface area contributed by atoms with Gasteiger partial charge in [0.2, 0.25) is 0 Å². The Morgan fingerprint density at radius 2 is 1.03 bits per heavy atom. The molecule has 0 fully saturated rings. The summed E-state index contributed by atoms with van der Waals surface area (Å²) in [5.41, 5.74) is 1.88. The largest absolute Gasteiger partial charge is 0.584 e. The molecule has 0 heterocycles. The predicted molar refractivity (Wildman–Crippen MR) is 145 cm³/mol. The Labute approximate surface area is 225 Å². The predicted octanol–water partition coefficient (Wildman–Crippen LogP) is 6.29. The van der Waals surface area contributed by atoms with Gasteiger partial charge in [0, 0.05) is 12.8 Å². The monoisotopic (exact) mass is 546 g/mol. The SMILES string of the molecule is O=C(CCc1cccc(OP(=O)(O)Oc2cccc(CCC(=O)c3ccccc3O)c2)c1)c1ccccc1O. The smallest absolute Gasteiger partial charge is 0.507 e. The average Bonchev–Trinajstić information content (AvgIpc) is 2.91. The van der Waals surface area contributed by atoms with E-state index in [1.165, 1.54) is 24.3 Å². The van der Waals surface area contributed by atoms with Crippen LogP contribution < -0.4 is 9.05 Å². The number of hydrogen-bond acceptors (Lipinski definition) is 7. The van der Waals surface area contributed by atoms with E-state index in [-0.39, 0.29) is 58.5 Å². The second kappa shape index (κ2) is 12.4. The molecule has 3 N–H and O–H groups in total. The van der Waals surface area contributed by atoms with Crippen LogP contribution in [0.3, 0.4) is 0 Å². The van der Waals surface area contributed by atoms with Gasteiger partial charge in [-0.2, -0.15) is 0 Å². The number of phosphoric acid groups is 1. The van der Waals surface area contributed by atoms with Gasteiger partial charge in [0.05, 0.1) is 11.1 Å². The van der Waals surface area contributed by atoms with Crippen LogP contribution in [-0.2, 0) is 17.4 Å². The number of aromatic hydroxyl groups is 2. The molecule has 39 heavy (non-hydrogen) atoms. The molecule has 0 saturated heterocycles. The number of aryl methyl sites for hydroxylation is 2. The highest BCUT2D eigenvalue weighted by Gasteiger charge is 2.25. The van der Waals surface area contributed by atoms with Crippen molar-refractivity contribution in [3.63, 3.8) is 0 Å². The van der Waals surface area contributed by atoms with Crippen molar-refractivity contribution in [3.05, 3.63) is 119 Å². The maximum absolute atomic E-state index is 12.7. The molecule has 0 amide bonds. The summed E-state index contributed by atoms with van der Waals surface area (Å²) in [7, 11) is -4.56. The van der Waals surface area contributed by atoms with Crippen LogP contribution in [0.25, 0.3) is 0 Å². The highest BCUT2D eigenvalue weighted by atomic mass is 31.2. The van der Waals surface area contributed by atoms with Crippen LogP contribution in [0.5, 0.6) is 23.0 Å². The number of phenolic OH excluding ortho intramolecular Hbond substituents is 2. The van der Waals surface area contributed by atoms with Crippen molar-refractivity contribution < 1.29 is 38.3 Å². The van der Waals surface area contributed by atoms with Crippen molar-refractivity contribution in [2.45, 2.75) is 25.7 Å². The van der Waals surface area contributed by atoms with Crippen LogP contribution in [0.15, 0.2) is 97.1 Å². The molecule has 0 spiro atoms. The quantitative estimate of drug-likeness (QED) is 0.140. The molecule has 0 aliphatic carbocycles. The van der Waals surface area contributed by atoms with Gasteiger partial charge >= 0.3 is 7.82 Å². The standard InChI is InChI=1S/C30H27O8P/c31-27-13-3-1-11-25(27)29(33)17-15-21-7-5-9-23(19-21)37-39(35,36)38-24-10-6-8-22(20-24)16-18-30(34)26-12-2-4-14-28(26)32/h1-14,19-20,31-32H,15-18H2,(H,35,36). The molecule has 0 unspecified atom stereocenters. The lowest BCUT2D eigenvalue weighted by Crippen LogP contribution is -2.03. The number of Topliss-reactive ketones (excluding diaryl/α,β-unsaturated/α-hetero) is 2. The Hall–Kier alpha value is -4.39. The summed E-state index contributed by atoms with van der Waals surface area (Å²) in [6.45, 7) is 0. The van der Waals surface area contributed by atoms with Gasteiger partial charge in [-0.05, 0) is 72.5 Å². The van der Waals surface area contributed by atoms with E-state index < -0.39 is 7.82 Å².